The second kappa shape index (κ2) is 4.06. The summed E-state index contributed by atoms with van der Waals surface area (Å²) in [4.78, 5) is 8.34. The Kier molecular flexibility index (Phi) is 3.32. The molecule has 4 heteroatoms. The van der Waals surface area contributed by atoms with Crippen molar-refractivity contribution in [3.8, 4) is 0 Å². The smallest absolute Gasteiger partial charge is 0.187 e. The van der Waals surface area contributed by atoms with E-state index in [0.29, 0.717) is 0 Å². The predicted molar refractivity (Wildman–Crippen MR) is 56.6 cm³/mol. The zero-order chi connectivity index (χ0) is 8.27. The molecule has 0 aliphatic carbocycles. The molecule has 0 amide bonds. The van der Waals surface area contributed by atoms with E-state index in [-0.39, 0.29) is 0 Å². The van der Waals surface area contributed by atoms with Gasteiger partial charge < -0.3 is 0 Å². The first-order chi connectivity index (χ1) is 5.27. The molecule has 0 fully saturated rings. The number of hydrogen-bond acceptors (Lipinski definition) is 3. The zero-order valence-corrected chi connectivity index (χ0v) is 9.02. The molecule has 0 saturated heterocycles. The highest BCUT2D eigenvalue weighted by Crippen LogP contribution is 2.14. The SMILES string of the molecule is C=Cc1nc(SC)ncc1I. The van der Waals surface area contributed by atoms with Gasteiger partial charge in [0, 0.05) is 6.20 Å². The molecule has 1 aromatic heterocycles. The van der Waals surface area contributed by atoms with E-state index in [1.54, 1.807) is 12.3 Å². The first-order valence-electron chi connectivity index (χ1n) is 2.97. The first kappa shape index (κ1) is 8.99. The minimum Gasteiger partial charge on any atom is -0.230 e. The number of nitrogens with zero attached hydrogens (tertiary/aromatic N) is 2. The molecule has 0 aliphatic heterocycles. The van der Waals surface area contributed by atoms with E-state index in [9.17, 15) is 0 Å². The van der Waals surface area contributed by atoms with Crippen molar-refractivity contribution in [1.82, 2.24) is 9.97 Å². The Hall–Kier alpha value is -0.100. The molecule has 0 atom stereocenters. The third-order valence-corrected chi connectivity index (χ3v) is 2.52. The number of rotatable bonds is 2. The fourth-order valence-corrected chi connectivity index (χ4v) is 1.43. The van der Waals surface area contributed by atoms with Gasteiger partial charge in [-0.2, -0.15) is 0 Å². The van der Waals surface area contributed by atoms with Crippen LogP contribution < -0.4 is 0 Å². The van der Waals surface area contributed by atoms with Crippen LogP contribution >= 0.6 is 34.4 Å². The van der Waals surface area contributed by atoms with Crippen LogP contribution in [-0.4, -0.2) is 16.2 Å². The van der Waals surface area contributed by atoms with Gasteiger partial charge in [-0.15, -0.1) is 0 Å². The molecule has 0 N–H and O–H groups in total. The molecule has 2 nitrogen and oxygen atoms in total. The largest absolute Gasteiger partial charge is 0.230 e. The van der Waals surface area contributed by atoms with Gasteiger partial charge in [0.05, 0.1) is 9.26 Å². The van der Waals surface area contributed by atoms with E-state index in [0.717, 1.165) is 14.4 Å². The molecular formula is C7H7IN2S. The van der Waals surface area contributed by atoms with Crippen molar-refractivity contribution >= 4 is 40.4 Å². The highest BCUT2D eigenvalue weighted by molar-refractivity contribution is 14.1. The summed E-state index contributed by atoms with van der Waals surface area (Å²) in [5, 5.41) is 0.792. The van der Waals surface area contributed by atoms with Gasteiger partial charge in [0.25, 0.3) is 0 Å². The maximum atomic E-state index is 4.24. The van der Waals surface area contributed by atoms with Gasteiger partial charge in [-0.05, 0) is 34.9 Å². The van der Waals surface area contributed by atoms with Gasteiger partial charge >= 0.3 is 0 Å². The van der Waals surface area contributed by atoms with Crippen LogP contribution in [0.3, 0.4) is 0 Å². The molecule has 0 radical (unpaired) electrons. The quantitative estimate of drug-likeness (QED) is 0.472. The highest BCUT2D eigenvalue weighted by Gasteiger charge is 1.99. The molecule has 0 saturated carbocycles. The fourth-order valence-electron chi connectivity index (χ4n) is 0.605. The topological polar surface area (TPSA) is 25.8 Å². The lowest BCUT2D eigenvalue weighted by molar-refractivity contribution is 0.950. The molecule has 0 aromatic carbocycles. The number of hydrogen-bond donors (Lipinski definition) is 0. The van der Waals surface area contributed by atoms with Crippen LogP contribution in [0.1, 0.15) is 5.69 Å². The summed E-state index contributed by atoms with van der Waals surface area (Å²) in [6.45, 7) is 3.66. The summed E-state index contributed by atoms with van der Waals surface area (Å²) < 4.78 is 1.04. The second-order valence-electron chi connectivity index (χ2n) is 1.79. The average molecular weight is 278 g/mol. The Morgan fingerprint density at radius 2 is 2.45 bits per heavy atom. The standard InChI is InChI=1S/C7H7IN2S/c1-3-6-5(8)4-9-7(10-6)11-2/h3-4H,1H2,2H3. The summed E-state index contributed by atoms with van der Waals surface area (Å²) in [6.07, 6.45) is 5.49. The van der Waals surface area contributed by atoms with Crippen LogP contribution in [0.2, 0.25) is 0 Å². The van der Waals surface area contributed by atoms with Crippen molar-refractivity contribution in [2.75, 3.05) is 6.26 Å². The predicted octanol–water partition coefficient (Wildman–Crippen LogP) is 2.45. The van der Waals surface area contributed by atoms with Crippen LogP contribution in [-0.2, 0) is 0 Å². The number of halogens is 1. The van der Waals surface area contributed by atoms with E-state index in [1.807, 2.05) is 6.26 Å². The van der Waals surface area contributed by atoms with Gasteiger partial charge in [-0.1, -0.05) is 18.3 Å². The van der Waals surface area contributed by atoms with E-state index < -0.39 is 0 Å². The maximum absolute atomic E-state index is 4.24. The highest BCUT2D eigenvalue weighted by atomic mass is 127. The van der Waals surface area contributed by atoms with Crippen LogP contribution in [0.4, 0.5) is 0 Å². The summed E-state index contributed by atoms with van der Waals surface area (Å²) in [5.74, 6) is 0. The van der Waals surface area contributed by atoms with Crippen LogP contribution in [0, 0.1) is 3.57 Å². The van der Waals surface area contributed by atoms with Gasteiger partial charge in [0.15, 0.2) is 5.16 Å². The molecule has 1 heterocycles. The lowest BCUT2D eigenvalue weighted by atomic mass is 10.4. The number of aromatic nitrogens is 2. The van der Waals surface area contributed by atoms with Crippen molar-refractivity contribution < 1.29 is 0 Å². The molecule has 58 valence electrons. The van der Waals surface area contributed by atoms with Crippen molar-refractivity contribution in [1.29, 1.82) is 0 Å². The van der Waals surface area contributed by atoms with Crippen LogP contribution in [0.25, 0.3) is 6.08 Å². The maximum Gasteiger partial charge on any atom is 0.187 e. The van der Waals surface area contributed by atoms with Crippen molar-refractivity contribution in [2.24, 2.45) is 0 Å². The lowest BCUT2D eigenvalue weighted by Gasteiger charge is -1.98. The van der Waals surface area contributed by atoms with Gasteiger partial charge in [0.2, 0.25) is 0 Å². The third kappa shape index (κ3) is 2.16. The molecule has 1 aromatic rings. The molecule has 1 rings (SSSR count). The van der Waals surface area contributed by atoms with Gasteiger partial charge in [0.1, 0.15) is 0 Å². The monoisotopic (exact) mass is 278 g/mol. The van der Waals surface area contributed by atoms with Crippen LogP contribution in [0.5, 0.6) is 0 Å². The van der Waals surface area contributed by atoms with E-state index in [4.69, 9.17) is 0 Å². The van der Waals surface area contributed by atoms with E-state index in [1.165, 1.54) is 11.8 Å². The minimum absolute atomic E-state index is 0.792. The summed E-state index contributed by atoms with van der Waals surface area (Å²) in [5.41, 5.74) is 0.907. The second-order valence-corrected chi connectivity index (χ2v) is 3.73. The molecule has 0 aliphatic rings. The summed E-state index contributed by atoms with van der Waals surface area (Å²) in [6, 6.07) is 0. The third-order valence-electron chi connectivity index (χ3n) is 1.13. The van der Waals surface area contributed by atoms with E-state index >= 15 is 0 Å². The molecule has 0 spiro atoms. The van der Waals surface area contributed by atoms with Gasteiger partial charge in [-0.3, -0.25) is 0 Å². The minimum atomic E-state index is 0.792. The Bertz CT molecular complexity index is 275. The van der Waals surface area contributed by atoms with Crippen molar-refractivity contribution in [3.63, 3.8) is 0 Å². The Balaban J connectivity index is 3.12. The number of thioether (sulfide) groups is 1. The van der Waals surface area contributed by atoms with E-state index in [2.05, 4.69) is 39.1 Å². The Morgan fingerprint density at radius 1 is 1.73 bits per heavy atom. The Labute approximate surface area is 83.7 Å². The molecule has 0 unspecified atom stereocenters. The zero-order valence-electron chi connectivity index (χ0n) is 6.04. The fraction of sp³-hybridized carbons (Fsp3) is 0.143. The van der Waals surface area contributed by atoms with Crippen molar-refractivity contribution in [3.05, 3.63) is 22.0 Å². The first-order valence-corrected chi connectivity index (χ1v) is 5.27. The van der Waals surface area contributed by atoms with Crippen molar-refractivity contribution in [2.45, 2.75) is 5.16 Å². The normalized spacial score (nSPS) is 9.64. The lowest BCUT2D eigenvalue weighted by Crippen LogP contribution is -1.91. The Morgan fingerprint density at radius 3 is 3.00 bits per heavy atom. The summed E-state index contributed by atoms with van der Waals surface area (Å²) >= 11 is 3.72. The van der Waals surface area contributed by atoms with Gasteiger partial charge in [-0.25, -0.2) is 9.97 Å². The molecular weight excluding hydrogens is 271 g/mol. The molecule has 0 bridgehead atoms. The van der Waals surface area contributed by atoms with Crippen LogP contribution in [0.15, 0.2) is 17.9 Å². The molecule has 11 heavy (non-hydrogen) atoms. The average Bonchev–Trinajstić information content (AvgIpc) is 2.05. The summed E-state index contributed by atoms with van der Waals surface area (Å²) in [7, 11) is 0.